The number of halogens is 1. The Bertz CT molecular complexity index is 402. The third-order valence-electron chi connectivity index (χ3n) is 2.58. The van der Waals surface area contributed by atoms with E-state index in [0.29, 0.717) is 0 Å². The molecule has 0 saturated heterocycles. The number of hydrogen-bond donors (Lipinski definition) is 0. The maximum Gasteiger partial charge on any atom is 0.352 e. The van der Waals surface area contributed by atoms with E-state index in [1.54, 1.807) is 24.3 Å². The van der Waals surface area contributed by atoms with Crippen molar-refractivity contribution in [2.45, 2.75) is 32.5 Å². The first kappa shape index (κ1) is 13.4. The standard InChI is InChI=1S/C13H15FO3/c1-3-13(14,10(2)15)12(16)17-9-11-7-5-4-6-8-11/h4-8H,3,9H2,1-2H3/t13-/m1/s1. The van der Waals surface area contributed by atoms with Gasteiger partial charge in [0.1, 0.15) is 6.61 Å². The van der Waals surface area contributed by atoms with Crippen LogP contribution in [0.1, 0.15) is 25.8 Å². The molecule has 0 saturated carbocycles. The molecule has 0 bridgehead atoms. The number of hydrogen-bond acceptors (Lipinski definition) is 3. The summed E-state index contributed by atoms with van der Waals surface area (Å²) in [7, 11) is 0. The van der Waals surface area contributed by atoms with Crippen molar-refractivity contribution in [2.24, 2.45) is 0 Å². The third kappa shape index (κ3) is 3.12. The molecule has 0 spiro atoms. The smallest absolute Gasteiger partial charge is 0.352 e. The van der Waals surface area contributed by atoms with Crippen LogP contribution in [0.5, 0.6) is 0 Å². The van der Waals surface area contributed by atoms with Crippen LogP contribution in [0.3, 0.4) is 0 Å². The number of alkyl halides is 1. The van der Waals surface area contributed by atoms with Gasteiger partial charge < -0.3 is 4.74 Å². The van der Waals surface area contributed by atoms with Gasteiger partial charge in [-0.25, -0.2) is 9.18 Å². The normalized spacial score (nSPS) is 13.8. The van der Waals surface area contributed by atoms with E-state index in [0.717, 1.165) is 12.5 Å². The molecule has 1 aromatic carbocycles. The molecular formula is C13H15FO3. The fraction of sp³-hybridized carbons (Fsp3) is 0.385. The summed E-state index contributed by atoms with van der Waals surface area (Å²) >= 11 is 0. The minimum atomic E-state index is -2.52. The molecule has 0 radical (unpaired) electrons. The van der Waals surface area contributed by atoms with Crippen molar-refractivity contribution < 1.29 is 18.7 Å². The van der Waals surface area contributed by atoms with Gasteiger partial charge in [0.2, 0.25) is 0 Å². The van der Waals surface area contributed by atoms with Crippen LogP contribution in [0.4, 0.5) is 4.39 Å². The van der Waals surface area contributed by atoms with Crippen molar-refractivity contribution in [3.05, 3.63) is 35.9 Å². The van der Waals surface area contributed by atoms with Crippen LogP contribution >= 0.6 is 0 Å². The Kier molecular flexibility index (Phi) is 4.37. The predicted octanol–water partition coefficient (Wildman–Crippen LogP) is 2.44. The number of ether oxygens (including phenoxy) is 1. The summed E-state index contributed by atoms with van der Waals surface area (Å²) < 4.78 is 18.7. The number of rotatable bonds is 5. The van der Waals surface area contributed by atoms with Gasteiger partial charge in [-0.1, -0.05) is 37.3 Å². The van der Waals surface area contributed by atoms with Crippen molar-refractivity contribution in [2.75, 3.05) is 0 Å². The molecule has 0 aromatic heterocycles. The zero-order chi connectivity index (χ0) is 12.9. The number of carbonyl (C=O) groups excluding carboxylic acids is 2. The van der Waals surface area contributed by atoms with Gasteiger partial charge in [0, 0.05) is 0 Å². The highest BCUT2D eigenvalue weighted by molar-refractivity contribution is 6.05. The minimum absolute atomic E-state index is 0.0291. The van der Waals surface area contributed by atoms with E-state index in [9.17, 15) is 14.0 Å². The molecule has 0 unspecified atom stereocenters. The van der Waals surface area contributed by atoms with Gasteiger partial charge in [0.25, 0.3) is 5.67 Å². The van der Waals surface area contributed by atoms with Crippen LogP contribution in [0, 0.1) is 0 Å². The van der Waals surface area contributed by atoms with E-state index in [4.69, 9.17) is 4.74 Å². The van der Waals surface area contributed by atoms with Crippen LogP contribution in [-0.2, 0) is 20.9 Å². The van der Waals surface area contributed by atoms with Gasteiger partial charge in [0.05, 0.1) is 0 Å². The highest BCUT2D eigenvalue weighted by atomic mass is 19.1. The third-order valence-corrected chi connectivity index (χ3v) is 2.58. The monoisotopic (exact) mass is 238 g/mol. The van der Waals surface area contributed by atoms with E-state index in [-0.39, 0.29) is 13.0 Å². The van der Waals surface area contributed by atoms with E-state index >= 15 is 0 Å². The fourth-order valence-corrected chi connectivity index (χ4v) is 1.37. The average molecular weight is 238 g/mol. The van der Waals surface area contributed by atoms with Gasteiger partial charge in [-0.2, -0.15) is 0 Å². The SMILES string of the molecule is CC[C@@](F)(C(C)=O)C(=O)OCc1ccccc1. The van der Waals surface area contributed by atoms with Crippen LogP contribution in [0.15, 0.2) is 30.3 Å². The summed E-state index contributed by atoms with van der Waals surface area (Å²) in [6, 6.07) is 8.92. The van der Waals surface area contributed by atoms with Crippen LogP contribution in [-0.4, -0.2) is 17.4 Å². The Hall–Kier alpha value is -1.71. The van der Waals surface area contributed by atoms with Crippen LogP contribution < -0.4 is 0 Å². The lowest BCUT2D eigenvalue weighted by atomic mass is 9.99. The van der Waals surface area contributed by atoms with E-state index in [1.165, 1.54) is 6.92 Å². The molecular weight excluding hydrogens is 223 g/mol. The molecule has 0 aliphatic rings. The molecule has 92 valence electrons. The number of Topliss-reactive ketones (excluding diaryl/α,β-unsaturated/α-hetero) is 1. The zero-order valence-corrected chi connectivity index (χ0v) is 9.90. The van der Waals surface area contributed by atoms with Crippen molar-refractivity contribution in [3.63, 3.8) is 0 Å². The number of ketones is 1. The molecule has 0 fully saturated rings. The lowest BCUT2D eigenvalue weighted by Crippen LogP contribution is -2.41. The molecule has 0 aliphatic heterocycles. The zero-order valence-electron chi connectivity index (χ0n) is 9.90. The number of carbonyl (C=O) groups is 2. The van der Waals surface area contributed by atoms with Crippen LogP contribution in [0.25, 0.3) is 0 Å². The second-order valence-electron chi connectivity index (χ2n) is 3.77. The Morgan fingerprint density at radius 3 is 2.35 bits per heavy atom. The highest BCUT2D eigenvalue weighted by Crippen LogP contribution is 2.20. The molecule has 17 heavy (non-hydrogen) atoms. The molecule has 4 heteroatoms. The lowest BCUT2D eigenvalue weighted by Gasteiger charge is -2.18. The summed E-state index contributed by atoms with van der Waals surface area (Å²) in [5.74, 6) is -1.94. The first-order valence-corrected chi connectivity index (χ1v) is 5.41. The molecule has 0 N–H and O–H groups in total. The quantitative estimate of drug-likeness (QED) is 0.584. The van der Waals surface area contributed by atoms with Gasteiger partial charge in [-0.15, -0.1) is 0 Å². The van der Waals surface area contributed by atoms with Crippen molar-refractivity contribution in [1.82, 2.24) is 0 Å². The summed E-state index contributed by atoms with van der Waals surface area (Å²) in [5.41, 5.74) is -1.77. The van der Waals surface area contributed by atoms with E-state index in [2.05, 4.69) is 0 Å². The molecule has 1 aromatic rings. The topological polar surface area (TPSA) is 43.4 Å². The largest absolute Gasteiger partial charge is 0.458 e. The Morgan fingerprint density at radius 1 is 1.29 bits per heavy atom. The Morgan fingerprint density at radius 2 is 1.88 bits per heavy atom. The summed E-state index contributed by atoms with van der Waals surface area (Å²) in [4.78, 5) is 22.6. The van der Waals surface area contributed by atoms with E-state index < -0.39 is 17.4 Å². The van der Waals surface area contributed by atoms with Crippen molar-refractivity contribution >= 4 is 11.8 Å². The maximum absolute atomic E-state index is 13.9. The molecule has 3 nitrogen and oxygen atoms in total. The van der Waals surface area contributed by atoms with Crippen LogP contribution in [0.2, 0.25) is 0 Å². The second-order valence-corrected chi connectivity index (χ2v) is 3.77. The number of esters is 1. The number of benzene rings is 1. The summed E-state index contributed by atoms with van der Waals surface area (Å²) in [5, 5.41) is 0. The minimum Gasteiger partial charge on any atom is -0.458 e. The first-order valence-electron chi connectivity index (χ1n) is 5.41. The fourth-order valence-electron chi connectivity index (χ4n) is 1.37. The molecule has 0 heterocycles. The van der Waals surface area contributed by atoms with Crippen molar-refractivity contribution in [1.29, 1.82) is 0 Å². The lowest BCUT2D eigenvalue weighted by molar-refractivity contribution is -0.163. The molecule has 1 rings (SSSR count). The van der Waals surface area contributed by atoms with Gasteiger partial charge >= 0.3 is 5.97 Å². The predicted molar refractivity (Wildman–Crippen MR) is 61.0 cm³/mol. The average Bonchev–Trinajstić information content (AvgIpc) is 2.35. The first-order chi connectivity index (χ1) is 8.00. The highest BCUT2D eigenvalue weighted by Gasteiger charge is 2.43. The van der Waals surface area contributed by atoms with Gasteiger partial charge in [0.15, 0.2) is 5.78 Å². The summed E-state index contributed by atoms with van der Waals surface area (Å²) in [6.45, 7) is 2.46. The maximum atomic E-state index is 13.9. The Labute approximate surface area is 99.6 Å². The Balaban J connectivity index is 2.64. The van der Waals surface area contributed by atoms with E-state index in [1.807, 2.05) is 6.07 Å². The second kappa shape index (κ2) is 5.57. The summed E-state index contributed by atoms with van der Waals surface area (Å²) in [6.07, 6.45) is -0.212. The van der Waals surface area contributed by atoms with Gasteiger partial charge in [-0.05, 0) is 18.9 Å². The van der Waals surface area contributed by atoms with Crippen molar-refractivity contribution in [3.8, 4) is 0 Å². The molecule has 0 amide bonds. The van der Waals surface area contributed by atoms with Gasteiger partial charge in [-0.3, -0.25) is 4.79 Å². The molecule has 1 atom stereocenters. The molecule has 0 aliphatic carbocycles.